The molecular formula is C11H15NO3. The van der Waals surface area contributed by atoms with Crippen LogP contribution in [0.4, 0.5) is 0 Å². The van der Waals surface area contributed by atoms with E-state index in [2.05, 4.69) is 4.98 Å². The lowest BCUT2D eigenvalue weighted by atomic mass is 9.83. The molecule has 0 amide bonds. The van der Waals surface area contributed by atoms with Gasteiger partial charge < -0.3 is 9.52 Å². The number of carboxylic acid groups (broad SMARTS) is 1. The predicted octanol–water partition coefficient (Wildman–Crippen LogP) is 2.27. The average Bonchev–Trinajstić information content (AvgIpc) is 2.42. The Morgan fingerprint density at radius 1 is 1.60 bits per heavy atom. The van der Waals surface area contributed by atoms with Crippen LogP contribution in [0.3, 0.4) is 0 Å². The minimum absolute atomic E-state index is 0.0874. The fourth-order valence-corrected chi connectivity index (χ4v) is 1.84. The summed E-state index contributed by atoms with van der Waals surface area (Å²) in [6, 6.07) is 0. The van der Waals surface area contributed by atoms with Gasteiger partial charge in [-0.05, 0) is 19.8 Å². The lowest BCUT2D eigenvalue weighted by Crippen LogP contribution is -2.08. The van der Waals surface area contributed by atoms with Gasteiger partial charge in [-0.2, -0.15) is 0 Å². The fourth-order valence-electron chi connectivity index (χ4n) is 1.84. The minimum Gasteiger partial charge on any atom is -0.481 e. The van der Waals surface area contributed by atoms with Gasteiger partial charge in [-0.25, -0.2) is 4.98 Å². The van der Waals surface area contributed by atoms with Gasteiger partial charge in [0.15, 0.2) is 5.89 Å². The standard InChI is InChI=1S/C11H15NO3/c1-7-11(8-3-2-4-8)15-9(12-7)5-6-10(13)14/h8H,2-6H2,1H3,(H,13,14). The Kier molecular flexibility index (Phi) is 2.75. The summed E-state index contributed by atoms with van der Waals surface area (Å²) in [7, 11) is 0. The number of aromatic nitrogens is 1. The lowest BCUT2D eigenvalue weighted by molar-refractivity contribution is -0.137. The normalized spacial score (nSPS) is 16.3. The zero-order chi connectivity index (χ0) is 10.8. The second-order valence-corrected chi connectivity index (χ2v) is 4.08. The van der Waals surface area contributed by atoms with E-state index in [0.29, 0.717) is 18.2 Å². The van der Waals surface area contributed by atoms with Crippen molar-refractivity contribution in [3.63, 3.8) is 0 Å². The van der Waals surface area contributed by atoms with Crippen LogP contribution in [0, 0.1) is 6.92 Å². The molecule has 0 bridgehead atoms. The van der Waals surface area contributed by atoms with Gasteiger partial charge in [-0.15, -0.1) is 0 Å². The Labute approximate surface area is 88.3 Å². The van der Waals surface area contributed by atoms with Crippen molar-refractivity contribution < 1.29 is 14.3 Å². The van der Waals surface area contributed by atoms with Crippen molar-refractivity contribution in [2.75, 3.05) is 0 Å². The van der Waals surface area contributed by atoms with E-state index >= 15 is 0 Å². The van der Waals surface area contributed by atoms with Gasteiger partial charge in [-0.3, -0.25) is 4.79 Å². The van der Waals surface area contributed by atoms with E-state index < -0.39 is 5.97 Å². The first kappa shape index (κ1) is 10.2. The van der Waals surface area contributed by atoms with Gasteiger partial charge in [0.1, 0.15) is 5.76 Å². The molecule has 1 saturated carbocycles. The highest BCUT2D eigenvalue weighted by Crippen LogP contribution is 2.38. The van der Waals surface area contributed by atoms with Crippen molar-refractivity contribution in [2.45, 2.75) is 44.9 Å². The highest BCUT2D eigenvalue weighted by Gasteiger charge is 2.25. The average molecular weight is 209 g/mol. The number of nitrogens with zero attached hydrogens (tertiary/aromatic N) is 1. The zero-order valence-electron chi connectivity index (χ0n) is 8.82. The van der Waals surface area contributed by atoms with Crippen molar-refractivity contribution in [3.8, 4) is 0 Å². The Bertz CT molecular complexity index is 366. The minimum atomic E-state index is -0.809. The molecule has 0 aromatic carbocycles. The molecule has 82 valence electrons. The molecule has 1 aliphatic rings. The van der Waals surface area contributed by atoms with Crippen LogP contribution in [-0.2, 0) is 11.2 Å². The Hall–Kier alpha value is -1.32. The molecule has 1 aromatic rings. The summed E-state index contributed by atoms with van der Waals surface area (Å²) in [5.41, 5.74) is 0.931. The van der Waals surface area contributed by atoms with Crippen LogP contribution in [0.2, 0.25) is 0 Å². The number of carboxylic acids is 1. The molecule has 4 nitrogen and oxygen atoms in total. The van der Waals surface area contributed by atoms with Crippen LogP contribution in [0.25, 0.3) is 0 Å². The van der Waals surface area contributed by atoms with Crippen molar-refractivity contribution >= 4 is 5.97 Å². The molecule has 0 spiro atoms. The van der Waals surface area contributed by atoms with E-state index in [9.17, 15) is 4.79 Å². The molecule has 1 N–H and O–H groups in total. The van der Waals surface area contributed by atoms with Crippen LogP contribution in [0.5, 0.6) is 0 Å². The quantitative estimate of drug-likeness (QED) is 0.826. The smallest absolute Gasteiger partial charge is 0.303 e. The third kappa shape index (κ3) is 2.19. The second kappa shape index (κ2) is 4.04. The van der Waals surface area contributed by atoms with Crippen molar-refractivity contribution in [1.82, 2.24) is 4.98 Å². The molecule has 0 unspecified atom stereocenters. The number of oxazole rings is 1. The topological polar surface area (TPSA) is 63.3 Å². The molecule has 1 heterocycles. The molecular weight excluding hydrogens is 194 g/mol. The molecule has 1 aliphatic carbocycles. The molecule has 0 radical (unpaired) electrons. The third-order valence-corrected chi connectivity index (χ3v) is 2.91. The lowest BCUT2D eigenvalue weighted by Gasteiger charge is -2.23. The summed E-state index contributed by atoms with van der Waals surface area (Å²) in [6.45, 7) is 1.93. The number of aliphatic carboxylic acids is 1. The summed E-state index contributed by atoms with van der Waals surface area (Å²) < 4.78 is 5.59. The second-order valence-electron chi connectivity index (χ2n) is 4.08. The molecule has 2 rings (SSSR count). The number of carbonyl (C=O) groups is 1. The summed E-state index contributed by atoms with van der Waals surface area (Å²) in [5.74, 6) is 1.26. The molecule has 15 heavy (non-hydrogen) atoms. The predicted molar refractivity (Wildman–Crippen MR) is 53.8 cm³/mol. The maximum atomic E-state index is 10.4. The first-order valence-corrected chi connectivity index (χ1v) is 5.35. The molecule has 0 aliphatic heterocycles. The van der Waals surface area contributed by atoms with E-state index in [0.717, 1.165) is 11.5 Å². The monoisotopic (exact) mass is 209 g/mol. The zero-order valence-corrected chi connectivity index (χ0v) is 8.82. The number of hydrogen-bond donors (Lipinski definition) is 1. The van der Waals surface area contributed by atoms with Gasteiger partial charge in [-0.1, -0.05) is 6.42 Å². The van der Waals surface area contributed by atoms with Crippen LogP contribution in [0.1, 0.15) is 48.9 Å². The van der Waals surface area contributed by atoms with Gasteiger partial charge >= 0.3 is 5.97 Å². The van der Waals surface area contributed by atoms with Gasteiger partial charge in [0.25, 0.3) is 0 Å². The van der Waals surface area contributed by atoms with E-state index in [1.165, 1.54) is 19.3 Å². The number of aryl methyl sites for hydroxylation is 2. The van der Waals surface area contributed by atoms with Crippen molar-refractivity contribution in [1.29, 1.82) is 0 Å². The maximum Gasteiger partial charge on any atom is 0.303 e. The fraction of sp³-hybridized carbons (Fsp3) is 0.636. The highest BCUT2D eigenvalue weighted by molar-refractivity contribution is 5.66. The van der Waals surface area contributed by atoms with Gasteiger partial charge in [0.05, 0.1) is 12.1 Å². The molecule has 0 atom stereocenters. The van der Waals surface area contributed by atoms with Gasteiger partial charge in [0.2, 0.25) is 0 Å². The Morgan fingerprint density at radius 3 is 2.87 bits per heavy atom. The highest BCUT2D eigenvalue weighted by atomic mass is 16.4. The van der Waals surface area contributed by atoms with E-state index in [-0.39, 0.29) is 6.42 Å². The van der Waals surface area contributed by atoms with Crippen molar-refractivity contribution in [2.24, 2.45) is 0 Å². The maximum absolute atomic E-state index is 10.4. The molecule has 0 saturated heterocycles. The number of hydrogen-bond acceptors (Lipinski definition) is 3. The third-order valence-electron chi connectivity index (χ3n) is 2.91. The first-order valence-electron chi connectivity index (χ1n) is 5.35. The first-order chi connectivity index (χ1) is 7.16. The van der Waals surface area contributed by atoms with Gasteiger partial charge in [0, 0.05) is 12.3 Å². The van der Waals surface area contributed by atoms with E-state index in [4.69, 9.17) is 9.52 Å². The molecule has 4 heteroatoms. The summed E-state index contributed by atoms with van der Waals surface area (Å²) in [5, 5.41) is 8.55. The summed E-state index contributed by atoms with van der Waals surface area (Å²) in [4.78, 5) is 14.7. The molecule has 1 fully saturated rings. The summed E-state index contributed by atoms with van der Waals surface area (Å²) in [6.07, 6.45) is 4.09. The Balaban J connectivity index is 2.03. The number of rotatable bonds is 4. The van der Waals surface area contributed by atoms with E-state index in [1.807, 2.05) is 6.92 Å². The largest absolute Gasteiger partial charge is 0.481 e. The molecule has 1 aromatic heterocycles. The van der Waals surface area contributed by atoms with Crippen LogP contribution in [-0.4, -0.2) is 16.1 Å². The summed E-state index contributed by atoms with van der Waals surface area (Å²) >= 11 is 0. The van der Waals surface area contributed by atoms with Crippen LogP contribution >= 0.6 is 0 Å². The van der Waals surface area contributed by atoms with Crippen LogP contribution in [0.15, 0.2) is 4.42 Å². The Morgan fingerprint density at radius 2 is 2.33 bits per heavy atom. The van der Waals surface area contributed by atoms with Crippen molar-refractivity contribution in [3.05, 3.63) is 17.3 Å². The van der Waals surface area contributed by atoms with Crippen LogP contribution < -0.4 is 0 Å². The van der Waals surface area contributed by atoms with E-state index in [1.54, 1.807) is 0 Å². The SMILES string of the molecule is Cc1nc(CCC(=O)O)oc1C1CCC1.